The van der Waals surface area contributed by atoms with E-state index < -0.39 is 7.12 Å². The maximum absolute atomic E-state index is 8.92. The molecular weight excluding hydrogens is 253 g/mol. The van der Waals surface area contributed by atoms with Crippen molar-refractivity contribution < 1.29 is 9.31 Å². The van der Waals surface area contributed by atoms with E-state index in [0.29, 0.717) is 11.2 Å². The third-order valence-electron chi connectivity index (χ3n) is 4.17. The first-order valence-electron chi connectivity index (χ1n) is 6.57. The number of nitriles is 1. The Hall–Kier alpha value is -1.84. The number of rotatable bonds is 1. The summed E-state index contributed by atoms with van der Waals surface area (Å²) in [6.07, 6.45) is 3.56. The molecule has 0 radical (unpaired) electrons. The van der Waals surface area contributed by atoms with Gasteiger partial charge in [0.2, 0.25) is 0 Å². The van der Waals surface area contributed by atoms with Crippen LogP contribution in [0.15, 0.2) is 24.5 Å². The number of fused-ring (bicyclic) bond motifs is 1. The van der Waals surface area contributed by atoms with E-state index in [1.54, 1.807) is 18.3 Å². The van der Waals surface area contributed by atoms with Crippen LogP contribution in [0, 0.1) is 11.3 Å². The van der Waals surface area contributed by atoms with Crippen LogP contribution in [0.2, 0.25) is 0 Å². The highest BCUT2D eigenvalue weighted by molar-refractivity contribution is 6.61. The van der Waals surface area contributed by atoms with Gasteiger partial charge < -0.3 is 13.7 Å². The van der Waals surface area contributed by atoms with Crippen molar-refractivity contribution in [3.63, 3.8) is 0 Å². The fraction of sp³-hybridized carbons (Fsp3) is 0.429. The lowest BCUT2D eigenvalue weighted by Crippen LogP contribution is -2.41. The number of nitrogens with zero attached hydrogens (tertiary/aromatic N) is 3. The van der Waals surface area contributed by atoms with Crippen LogP contribution in [-0.4, -0.2) is 27.7 Å². The lowest BCUT2D eigenvalue weighted by atomic mass is 9.85. The van der Waals surface area contributed by atoms with E-state index in [4.69, 9.17) is 14.6 Å². The zero-order valence-electron chi connectivity index (χ0n) is 12.0. The van der Waals surface area contributed by atoms with Crippen molar-refractivity contribution in [1.29, 1.82) is 5.26 Å². The van der Waals surface area contributed by atoms with Crippen LogP contribution < -0.4 is 5.59 Å². The molecule has 0 unspecified atom stereocenters. The van der Waals surface area contributed by atoms with Crippen molar-refractivity contribution in [3.05, 3.63) is 30.1 Å². The molecule has 0 atom stereocenters. The first-order valence-corrected chi connectivity index (χ1v) is 6.57. The Balaban J connectivity index is 2.03. The predicted molar refractivity (Wildman–Crippen MR) is 75.6 cm³/mol. The molecule has 3 heterocycles. The third kappa shape index (κ3) is 1.82. The van der Waals surface area contributed by atoms with Gasteiger partial charge >= 0.3 is 7.12 Å². The van der Waals surface area contributed by atoms with Crippen molar-refractivity contribution >= 4 is 18.4 Å². The molecule has 3 rings (SSSR count). The lowest BCUT2D eigenvalue weighted by molar-refractivity contribution is 0.00578. The highest BCUT2D eigenvalue weighted by Gasteiger charge is 2.52. The Morgan fingerprint density at radius 1 is 1.25 bits per heavy atom. The summed E-state index contributed by atoms with van der Waals surface area (Å²) in [5, 5.41) is 8.92. The predicted octanol–water partition coefficient (Wildman–Crippen LogP) is 1.51. The molecule has 5 nitrogen and oxygen atoms in total. The van der Waals surface area contributed by atoms with E-state index in [2.05, 4.69) is 11.1 Å². The van der Waals surface area contributed by atoms with Gasteiger partial charge in [-0.3, -0.25) is 0 Å². The largest absolute Gasteiger partial charge is 0.514 e. The maximum atomic E-state index is 8.92. The van der Waals surface area contributed by atoms with Crippen LogP contribution in [0.5, 0.6) is 0 Å². The highest BCUT2D eigenvalue weighted by atomic mass is 16.7. The van der Waals surface area contributed by atoms with Gasteiger partial charge in [-0.05, 0) is 39.8 Å². The summed E-state index contributed by atoms with van der Waals surface area (Å²) < 4.78 is 13.9. The Kier molecular flexibility index (Phi) is 2.68. The van der Waals surface area contributed by atoms with Crippen LogP contribution in [-0.2, 0) is 9.31 Å². The first kappa shape index (κ1) is 13.2. The molecule has 2 aromatic heterocycles. The minimum absolute atomic E-state index is 0.381. The molecule has 1 aliphatic rings. The van der Waals surface area contributed by atoms with E-state index in [1.165, 1.54) is 0 Å². The fourth-order valence-corrected chi connectivity index (χ4v) is 2.21. The van der Waals surface area contributed by atoms with Crippen molar-refractivity contribution in [1.82, 2.24) is 9.38 Å². The van der Waals surface area contributed by atoms with Crippen molar-refractivity contribution in [3.8, 4) is 6.07 Å². The van der Waals surface area contributed by atoms with Crippen LogP contribution >= 0.6 is 0 Å². The van der Waals surface area contributed by atoms with Crippen LogP contribution in [0.4, 0.5) is 0 Å². The second kappa shape index (κ2) is 4.08. The van der Waals surface area contributed by atoms with Crippen LogP contribution in [0.25, 0.3) is 5.65 Å². The standard InChI is InChI=1S/C14H16BN3O2/c1-13(2)14(3,4)20-15(19-13)11-9-17-12-7-10(8-16)5-6-18(11)12/h5-7,9H,1-4H3. The van der Waals surface area contributed by atoms with Gasteiger partial charge in [-0.1, -0.05) is 0 Å². The highest BCUT2D eigenvalue weighted by Crippen LogP contribution is 2.36. The van der Waals surface area contributed by atoms with Gasteiger partial charge in [-0.25, -0.2) is 4.98 Å². The quantitative estimate of drug-likeness (QED) is 0.736. The maximum Gasteiger partial charge on any atom is 0.514 e. The van der Waals surface area contributed by atoms with Crippen molar-refractivity contribution in [2.45, 2.75) is 38.9 Å². The van der Waals surface area contributed by atoms with E-state index in [-0.39, 0.29) is 11.2 Å². The fourth-order valence-electron chi connectivity index (χ4n) is 2.21. The number of aromatic nitrogens is 2. The third-order valence-corrected chi connectivity index (χ3v) is 4.17. The molecule has 0 aromatic carbocycles. The summed E-state index contributed by atoms with van der Waals surface area (Å²) in [4.78, 5) is 4.32. The minimum Gasteiger partial charge on any atom is -0.398 e. The number of hydrogen-bond donors (Lipinski definition) is 0. The van der Waals surface area contributed by atoms with Gasteiger partial charge in [-0.2, -0.15) is 5.26 Å². The molecule has 1 aliphatic heterocycles. The average molecular weight is 269 g/mol. The second-order valence-electron chi connectivity index (χ2n) is 6.03. The normalized spacial score (nSPS) is 20.2. The smallest absolute Gasteiger partial charge is 0.398 e. The zero-order chi connectivity index (χ0) is 14.5. The van der Waals surface area contributed by atoms with E-state index >= 15 is 0 Å². The van der Waals surface area contributed by atoms with Crippen molar-refractivity contribution in [2.75, 3.05) is 0 Å². The van der Waals surface area contributed by atoms with E-state index in [0.717, 1.165) is 5.59 Å². The lowest BCUT2D eigenvalue weighted by Gasteiger charge is -2.32. The summed E-state index contributed by atoms with van der Waals surface area (Å²) in [6, 6.07) is 5.61. The SMILES string of the molecule is CC1(C)OB(c2cnc3cc(C#N)ccn23)OC1(C)C. The van der Waals surface area contributed by atoms with Crippen LogP contribution in [0.1, 0.15) is 33.3 Å². The van der Waals surface area contributed by atoms with Gasteiger partial charge in [0.1, 0.15) is 5.65 Å². The molecular formula is C14H16BN3O2. The molecule has 0 aliphatic carbocycles. The summed E-state index contributed by atoms with van der Waals surface area (Å²) >= 11 is 0. The molecule has 20 heavy (non-hydrogen) atoms. The number of hydrogen-bond acceptors (Lipinski definition) is 4. The summed E-state index contributed by atoms with van der Waals surface area (Å²) in [6.45, 7) is 8.07. The molecule has 1 fully saturated rings. The Morgan fingerprint density at radius 3 is 2.50 bits per heavy atom. The molecule has 1 saturated heterocycles. The molecule has 0 N–H and O–H groups in total. The molecule has 0 spiro atoms. The molecule has 102 valence electrons. The number of pyridine rings is 1. The molecule has 0 saturated carbocycles. The summed E-state index contributed by atoms with van der Waals surface area (Å²) in [7, 11) is -0.456. The summed E-state index contributed by atoms with van der Waals surface area (Å²) in [5.41, 5.74) is 1.38. The number of imidazole rings is 1. The molecule has 6 heteroatoms. The van der Waals surface area contributed by atoms with Gasteiger partial charge in [-0.15, -0.1) is 0 Å². The topological polar surface area (TPSA) is 59.5 Å². The Labute approximate surface area is 118 Å². The van der Waals surface area contributed by atoms with Crippen LogP contribution in [0.3, 0.4) is 0 Å². The van der Waals surface area contributed by atoms with Gasteiger partial charge in [0, 0.05) is 12.4 Å². The zero-order valence-corrected chi connectivity index (χ0v) is 12.0. The molecule has 0 amide bonds. The van der Waals surface area contributed by atoms with Gasteiger partial charge in [0.05, 0.1) is 28.4 Å². The molecule has 2 aromatic rings. The Bertz CT molecular complexity index is 699. The first-order chi connectivity index (χ1) is 9.34. The minimum atomic E-state index is -0.456. The van der Waals surface area contributed by atoms with Gasteiger partial charge in [0.25, 0.3) is 0 Å². The van der Waals surface area contributed by atoms with E-state index in [9.17, 15) is 0 Å². The van der Waals surface area contributed by atoms with Crippen molar-refractivity contribution in [2.24, 2.45) is 0 Å². The monoisotopic (exact) mass is 269 g/mol. The van der Waals surface area contributed by atoms with E-state index in [1.807, 2.05) is 38.3 Å². The second-order valence-corrected chi connectivity index (χ2v) is 6.03. The summed E-state index contributed by atoms with van der Waals surface area (Å²) in [5.74, 6) is 0. The van der Waals surface area contributed by atoms with Gasteiger partial charge in [0.15, 0.2) is 0 Å². The Morgan fingerprint density at radius 2 is 1.90 bits per heavy atom. The molecule has 0 bridgehead atoms. The average Bonchev–Trinajstić information content (AvgIpc) is 2.87.